The summed E-state index contributed by atoms with van der Waals surface area (Å²) in [6.45, 7) is 3.14. The Bertz CT molecular complexity index is 1050. The van der Waals surface area contributed by atoms with Crippen LogP contribution in [-0.2, 0) is 6.18 Å². The first-order valence-corrected chi connectivity index (χ1v) is 10.3. The standard InChI is InChI=1S/C24H24F3N3O2/c1-31-20-9-7-19(8-10-20)29-13-15-30(16-14-29)21-11-12-22(32-2)28-23(21)17-3-5-18(6-4-17)24(25,26)27/h3-12H,13-16H2,1-2H3. The van der Waals surface area contributed by atoms with Gasteiger partial charge in [-0.3, -0.25) is 0 Å². The maximum absolute atomic E-state index is 13.0. The van der Waals surface area contributed by atoms with Crippen molar-refractivity contribution in [1.29, 1.82) is 0 Å². The summed E-state index contributed by atoms with van der Waals surface area (Å²) in [7, 11) is 3.16. The monoisotopic (exact) mass is 443 g/mol. The molecule has 2 heterocycles. The number of hydrogen-bond donors (Lipinski definition) is 0. The summed E-state index contributed by atoms with van der Waals surface area (Å²) in [5.41, 5.74) is 2.54. The highest BCUT2D eigenvalue weighted by molar-refractivity contribution is 5.76. The van der Waals surface area contributed by atoms with E-state index < -0.39 is 11.7 Å². The van der Waals surface area contributed by atoms with Gasteiger partial charge in [-0.05, 0) is 42.5 Å². The molecule has 0 atom stereocenters. The number of aromatic nitrogens is 1. The van der Waals surface area contributed by atoms with E-state index in [0.717, 1.165) is 55.4 Å². The quantitative estimate of drug-likeness (QED) is 0.548. The Morgan fingerprint density at radius 2 is 1.38 bits per heavy atom. The Hall–Kier alpha value is -3.42. The van der Waals surface area contributed by atoms with Crippen LogP contribution < -0.4 is 19.3 Å². The van der Waals surface area contributed by atoms with Gasteiger partial charge >= 0.3 is 6.18 Å². The first-order chi connectivity index (χ1) is 15.4. The molecule has 1 aliphatic heterocycles. The summed E-state index contributed by atoms with van der Waals surface area (Å²) in [5, 5.41) is 0. The summed E-state index contributed by atoms with van der Waals surface area (Å²) < 4.78 is 49.4. The van der Waals surface area contributed by atoms with Gasteiger partial charge < -0.3 is 19.3 Å². The van der Waals surface area contributed by atoms with E-state index in [9.17, 15) is 13.2 Å². The number of ether oxygens (including phenoxy) is 2. The average molecular weight is 443 g/mol. The van der Waals surface area contributed by atoms with Crippen molar-refractivity contribution in [2.45, 2.75) is 6.18 Å². The van der Waals surface area contributed by atoms with Crippen LogP contribution in [0.3, 0.4) is 0 Å². The van der Waals surface area contributed by atoms with Gasteiger partial charge in [0.25, 0.3) is 0 Å². The van der Waals surface area contributed by atoms with Crippen molar-refractivity contribution in [2.24, 2.45) is 0 Å². The lowest BCUT2D eigenvalue weighted by molar-refractivity contribution is -0.137. The number of alkyl halides is 3. The predicted octanol–water partition coefficient (Wildman–Crippen LogP) is 5.11. The molecule has 168 valence electrons. The van der Waals surface area contributed by atoms with Crippen LogP contribution in [-0.4, -0.2) is 45.4 Å². The lowest BCUT2D eigenvalue weighted by Gasteiger charge is -2.38. The van der Waals surface area contributed by atoms with Crippen molar-refractivity contribution in [3.05, 3.63) is 66.2 Å². The van der Waals surface area contributed by atoms with Crippen LogP contribution in [0.25, 0.3) is 11.3 Å². The second-order valence-corrected chi connectivity index (χ2v) is 7.47. The maximum atomic E-state index is 13.0. The third kappa shape index (κ3) is 4.59. The molecule has 2 aromatic carbocycles. The minimum Gasteiger partial charge on any atom is -0.497 e. The molecule has 4 rings (SSSR count). The molecule has 0 amide bonds. The number of hydrogen-bond acceptors (Lipinski definition) is 5. The number of methoxy groups -OCH3 is 2. The fourth-order valence-electron chi connectivity index (χ4n) is 3.83. The molecule has 0 spiro atoms. The Morgan fingerprint density at radius 1 is 0.750 bits per heavy atom. The smallest absolute Gasteiger partial charge is 0.416 e. The normalized spacial score (nSPS) is 14.4. The fourth-order valence-corrected chi connectivity index (χ4v) is 3.83. The Kier molecular flexibility index (Phi) is 6.12. The molecular formula is C24H24F3N3O2. The van der Waals surface area contributed by atoms with Crippen LogP contribution in [0.1, 0.15) is 5.56 Å². The number of piperazine rings is 1. The molecule has 0 N–H and O–H groups in total. The molecule has 1 fully saturated rings. The molecule has 1 aliphatic rings. The van der Waals surface area contributed by atoms with Gasteiger partial charge in [0.15, 0.2) is 0 Å². The molecule has 1 aromatic heterocycles. The molecular weight excluding hydrogens is 419 g/mol. The zero-order valence-electron chi connectivity index (χ0n) is 17.9. The molecule has 32 heavy (non-hydrogen) atoms. The third-order valence-corrected chi connectivity index (χ3v) is 5.60. The van der Waals surface area contributed by atoms with Gasteiger partial charge in [-0.2, -0.15) is 13.2 Å². The van der Waals surface area contributed by atoms with Crippen molar-refractivity contribution in [3.8, 4) is 22.9 Å². The van der Waals surface area contributed by atoms with Crippen LogP contribution in [0.15, 0.2) is 60.7 Å². The molecule has 8 heteroatoms. The molecule has 0 saturated carbocycles. The van der Waals surface area contributed by atoms with E-state index in [-0.39, 0.29) is 0 Å². The molecule has 3 aromatic rings. The topological polar surface area (TPSA) is 37.8 Å². The molecule has 5 nitrogen and oxygen atoms in total. The van der Waals surface area contributed by atoms with E-state index in [0.29, 0.717) is 17.1 Å². The van der Waals surface area contributed by atoms with E-state index in [1.165, 1.54) is 19.2 Å². The molecule has 0 unspecified atom stereocenters. The number of pyridine rings is 1. The Morgan fingerprint density at radius 3 is 1.94 bits per heavy atom. The number of rotatable bonds is 5. The van der Waals surface area contributed by atoms with Crippen molar-refractivity contribution in [3.63, 3.8) is 0 Å². The minimum atomic E-state index is -4.37. The van der Waals surface area contributed by atoms with E-state index in [4.69, 9.17) is 9.47 Å². The molecule has 0 bridgehead atoms. The number of anilines is 2. The molecule has 0 aliphatic carbocycles. The second kappa shape index (κ2) is 8.98. The Balaban J connectivity index is 1.56. The highest BCUT2D eigenvalue weighted by Crippen LogP contribution is 2.35. The van der Waals surface area contributed by atoms with Gasteiger partial charge in [0.2, 0.25) is 5.88 Å². The number of halogens is 3. The molecule has 0 radical (unpaired) electrons. The zero-order valence-corrected chi connectivity index (χ0v) is 17.9. The lowest BCUT2D eigenvalue weighted by atomic mass is 10.1. The van der Waals surface area contributed by atoms with Gasteiger partial charge in [0.1, 0.15) is 5.75 Å². The number of benzene rings is 2. The average Bonchev–Trinajstić information content (AvgIpc) is 2.83. The van der Waals surface area contributed by atoms with Gasteiger partial charge in [-0.15, -0.1) is 0 Å². The summed E-state index contributed by atoms with van der Waals surface area (Å²) in [4.78, 5) is 9.06. The first-order valence-electron chi connectivity index (χ1n) is 10.3. The number of nitrogens with zero attached hydrogens (tertiary/aromatic N) is 3. The van der Waals surface area contributed by atoms with Crippen molar-refractivity contribution < 1.29 is 22.6 Å². The summed E-state index contributed by atoms with van der Waals surface area (Å²) >= 11 is 0. The van der Waals surface area contributed by atoms with E-state index in [1.54, 1.807) is 13.2 Å². The highest BCUT2D eigenvalue weighted by atomic mass is 19.4. The van der Waals surface area contributed by atoms with E-state index in [2.05, 4.69) is 14.8 Å². The van der Waals surface area contributed by atoms with Crippen LogP contribution in [0.2, 0.25) is 0 Å². The fraction of sp³-hybridized carbons (Fsp3) is 0.292. The summed E-state index contributed by atoms with van der Waals surface area (Å²) in [6.07, 6.45) is -4.37. The third-order valence-electron chi connectivity index (χ3n) is 5.60. The SMILES string of the molecule is COc1ccc(N2CCN(c3ccc(OC)nc3-c3ccc(C(F)(F)F)cc3)CC2)cc1. The van der Waals surface area contributed by atoms with Crippen molar-refractivity contribution in [1.82, 2.24) is 4.98 Å². The summed E-state index contributed by atoms with van der Waals surface area (Å²) in [6, 6.07) is 16.7. The van der Waals surface area contributed by atoms with Gasteiger partial charge in [0.05, 0.1) is 31.2 Å². The van der Waals surface area contributed by atoms with E-state index >= 15 is 0 Å². The predicted molar refractivity (Wildman–Crippen MR) is 119 cm³/mol. The highest BCUT2D eigenvalue weighted by Gasteiger charge is 2.30. The lowest BCUT2D eigenvalue weighted by Crippen LogP contribution is -2.46. The van der Waals surface area contributed by atoms with Gasteiger partial charge in [-0.25, -0.2) is 4.98 Å². The van der Waals surface area contributed by atoms with Gasteiger partial charge in [0, 0.05) is 43.5 Å². The largest absolute Gasteiger partial charge is 0.497 e. The Labute approximate surface area is 185 Å². The van der Waals surface area contributed by atoms with Crippen LogP contribution in [0.5, 0.6) is 11.6 Å². The van der Waals surface area contributed by atoms with E-state index in [1.807, 2.05) is 30.3 Å². The van der Waals surface area contributed by atoms with Crippen LogP contribution >= 0.6 is 0 Å². The van der Waals surface area contributed by atoms with Gasteiger partial charge in [-0.1, -0.05) is 12.1 Å². The second-order valence-electron chi connectivity index (χ2n) is 7.47. The maximum Gasteiger partial charge on any atom is 0.416 e. The summed E-state index contributed by atoms with van der Waals surface area (Å²) in [5.74, 6) is 1.23. The van der Waals surface area contributed by atoms with Crippen molar-refractivity contribution >= 4 is 11.4 Å². The first kappa shape index (κ1) is 21.8. The minimum absolute atomic E-state index is 0.417. The van der Waals surface area contributed by atoms with Crippen molar-refractivity contribution in [2.75, 3.05) is 50.2 Å². The van der Waals surface area contributed by atoms with Crippen LogP contribution in [0.4, 0.5) is 24.5 Å². The van der Waals surface area contributed by atoms with Crippen LogP contribution in [0, 0.1) is 0 Å². The zero-order chi connectivity index (χ0) is 22.7. The molecule has 1 saturated heterocycles.